The largest absolute Gasteiger partial charge is 0.497 e. The number of hydrogen-bond acceptors (Lipinski definition) is 8. The Kier molecular flexibility index (Phi) is 8.73. The second-order valence-electron chi connectivity index (χ2n) is 8.47. The zero-order valence-corrected chi connectivity index (χ0v) is 23.3. The Labute approximate surface area is 242 Å². The number of nitrogens with zero attached hydrogens (tertiary/aromatic N) is 3. The lowest BCUT2D eigenvalue weighted by molar-refractivity contribution is -0.143. The quantitative estimate of drug-likeness (QED) is 0.178. The topological polar surface area (TPSA) is 90.9 Å². The van der Waals surface area contributed by atoms with E-state index in [1.807, 2.05) is 0 Å². The molecule has 8 nitrogen and oxygen atoms in total. The molecule has 0 amide bonds. The molecule has 230 valence electrons. The van der Waals surface area contributed by atoms with Gasteiger partial charge in [0.1, 0.15) is 34.3 Å². The van der Waals surface area contributed by atoms with Gasteiger partial charge in [-0.2, -0.15) is 30.7 Å². The lowest BCUT2D eigenvalue weighted by Crippen LogP contribution is -2.31. The molecule has 43 heavy (non-hydrogen) atoms. The summed E-state index contributed by atoms with van der Waals surface area (Å²) < 4.78 is 156. The van der Waals surface area contributed by atoms with Gasteiger partial charge in [0.25, 0.3) is 10.0 Å². The van der Waals surface area contributed by atoms with Crippen LogP contribution in [0.4, 0.5) is 40.3 Å². The fraction of sp³-hybridized carbons (Fsp3) is 0.200. The van der Waals surface area contributed by atoms with Crippen molar-refractivity contribution in [2.75, 3.05) is 18.5 Å². The van der Waals surface area contributed by atoms with E-state index >= 15 is 8.78 Å². The van der Waals surface area contributed by atoms with Crippen molar-refractivity contribution < 1.29 is 57.8 Å². The van der Waals surface area contributed by atoms with E-state index in [2.05, 4.69) is 9.36 Å². The Morgan fingerprint density at radius 3 is 2.00 bits per heavy atom. The third kappa shape index (κ3) is 6.90. The Hall–Kier alpha value is -4.19. The van der Waals surface area contributed by atoms with Crippen LogP contribution in [0, 0.1) is 11.6 Å². The van der Waals surface area contributed by atoms with Gasteiger partial charge in [-0.15, -0.1) is 0 Å². The minimum atomic E-state index is -5.23. The van der Waals surface area contributed by atoms with Crippen molar-refractivity contribution in [3.8, 4) is 23.0 Å². The third-order valence-electron chi connectivity index (χ3n) is 5.71. The Balaban J connectivity index is 1.75. The molecule has 0 radical (unpaired) electrons. The molecule has 1 heterocycles. The second-order valence-corrected chi connectivity index (χ2v) is 11.1. The summed E-state index contributed by atoms with van der Waals surface area (Å²) in [5.74, 6) is -4.99. The lowest BCUT2D eigenvalue weighted by atomic mass is 10.1. The summed E-state index contributed by atoms with van der Waals surface area (Å²) in [5.41, 5.74) is -3.27. The molecule has 3 aromatic carbocycles. The number of hydrogen-bond donors (Lipinski definition) is 0. The van der Waals surface area contributed by atoms with Crippen LogP contribution in [-0.2, 0) is 28.9 Å². The number of anilines is 1. The maximum absolute atomic E-state index is 15.3. The number of ether oxygens (including phenoxy) is 3. The van der Waals surface area contributed by atoms with E-state index in [0.29, 0.717) is 21.6 Å². The van der Waals surface area contributed by atoms with Gasteiger partial charge in [0.2, 0.25) is 5.13 Å². The van der Waals surface area contributed by atoms with Gasteiger partial charge in [0.15, 0.2) is 11.6 Å². The summed E-state index contributed by atoms with van der Waals surface area (Å²) in [7, 11) is -2.28. The van der Waals surface area contributed by atoms with Crippen molar-refractivity contribution >= 4 is 26.7 Å². The van der Waals surface area contributed by atoms with Crippen LogP contribution >= 0.6 is 11.5 Å². The zero-order valence-electron chi connectivity index (χ0n) is 21.6. The van der Waals surface area contributed by atoms with Crippen LogP contribution in [0.3, 0.4) is 0 Å². The van der Waals surface area contributed by atoms with Crippen molar-refractivity contribution in [1.29, 1.82) is 0 Å². The first-order valence-electron chi connectivity index (χ1n) is 11.5. The molecule has 18 heteroatoms. The van der Waals surface area contributed by atoms with Gasteiger partial charge >= 0.3 is 12.4 Å². The predicted molar refractivity (Wildman–Crippen MR) is 136 cm³/mol. The molecule has 4 aromatic rings. The monoisotopic (exact) mass is 655 g/mol. The van der Waals surface area contributed by atoms with Crippen LogP contribution in [0.5, 0.6) is 23.0 Å². The minimum absolute atomic E-state index is 0.149. The molecule has 4 rings (SSSR count). The fourth-order valence-electron chi connectivity index (χ4n) is 3.69. The fourth-order valence-corrected chi connectivity index (χ4v) is 5.88. The standard InChI is InChI=1S/C25H17F8N3O5S2/c1-39-16-4-3-13(20(8-16)40-2)11-36(23-34-12-35-42-23)43(37,38)22-10-18(26)21(9-19(22)27)41-17-6-14(24(28,29)30)5-15(7-17)25(31,32)33/h3-10,12H,11H2,1-2H3. The number of alkyl halides is 6. The van der Waals surface area contributed by atoms with Crippen LogP contribution in [0.2, 0.25) is 0 Å². The Bertz CT molecular complexity index is 1700. The van der Waals surface area contributed by atoms with Crippen molar-refractivity contribution in [3.63, 3.8) is 0 Å². The third-order valence-corrected chi connectivity index (χ3v) is 8.27. The smallest absolute Gasteiger partial charge is 0.416 e. The molecule has 0 aliphatic carbocycles. The molecule has 0 bridgehead atoms. The first-order valence-corrected chi connectivity index (χ1v) is 13.7. The van der Waals surface area contributed by atoms with Gasteiger partial charge in [0.05, 0.1) is 31.9 Å². The molecule has 0 spiro atoms. The zero-order chi connectivity index (χ0) is 31.7. The first kappa shape index (κ1) is 31.7. The average Bonchev–Trinajstić information content (AvgIpc) is 3.46. The molecular formula is C25H17F8N3O5S2. The van der Waals surface area contributed by atoms with E-state index < -0.39 is 68.1 Å². The van der Waals surface area contributed by atoms with Gasteiger partial charge in [-0.25, -0.2) is 26.5 Å². The number of benzene rings is 3. The van der Waals surface area contributed by atoms with Gasteiger partial charge in [0, 0.05) is 35.3 Å². The summed E-state index contributed by atoms with van der Waals surface area (Å²) in [5, 5.41) is -0.248. The van der Waals surface area contributed by atoms with E-state index in [1.165, 1.54) is 32.4 Å². The predicted octanol–water partition coefficient (Wildman–Crippen LogP) is 7.06. The molecule has 0 atom stereocenters. The number of aromatic nitrogens is 2. The Morgan fingerprint density at radius 2 is 1.47 bits per heavy atom. The van der Waals surface area contributed by atoms with E-state index in [4.69, 9.17) is 14.2 Å². The average molecular weight is 656 g/mol. The van der Waals surface area contributed by atoms with Crippen molar-refractivity contribution in [1.82, 2.24) is 9.36 Å². The van der Waals surface area contributed by atoms with Gasteiger partial charge < -0.3 is 14.2 Å². The van der Waals surface area contributed by atoms with Crippen LogP contribution in [0.25, 0.3) is 0 Å². The van der Waals surface area contributed by atoms with Crippen LogP contribution in [0.1, 0.15) is 16.7 Å². The maximum Gasteiger partial charge on any atom is 0.416 e. The van der Waals surface area contributed by atoms with Gasteiger partial charge in [-0.05, 0) is 30.3 Å². The van der Waals surface area contributed by atoms with Crippen molar-refractivity contribution in [2.45, 2.75) is 23.8 Å². The number of sulfonamides is 1. The maximum atomic E-state index is 15.3. The first-order chi connectivity index (χ1) is 20.0. The molecule has 0 fully saturated rings. The van der Waals surface area contributed by atoms with Crippen LogP contribution in [0.15, 0.2) is 59.8 Å². The molecule has 0 saturated heterocycles. The second kappa shape index (κ2) is 11.8. The number of halogens is 8. The molecule has 0 N–H and O–H groups in total. The summed E-state index contributed by atoms with van der Waals surface area (Å²) in [6, 6.07) is 4.88. The molecule has 0 unspecified atom stereocenters. The normalized spacial score (nSPS) is 12.2. The van der Waals surface area contributed by atoms with Crippen molar-refractivity contribution in [2.24, 2.45) is 0 Å². The molecule has 0 aliphatic heterocycles. The number of rotatable bonds is 9. The van der Waals surface area contributed by atoms with Gasteiger partial charge in [-0.3, -0.25) is 0 Å². The minimum Gasteiger partial charge on any atom is -0.497 e. The molecule has 0 aliphatic rings. The van der Waals surface area contributed by atoms with Gasteiger partial charge in [-0.1, -0.05) is 0 Å². The van der Waals surface area contributed by atoms with Crippen LogP contribution in [-0.4, -0.2) is 32.0 Å². The molecule has 0 saturated carbocycles. The van der Waals surface area contributed by atoms with E-state index in [1.54, 1.807) is 0 Å². The summed E-state index contributed by atoms with van der Waals surface area (Å²) in [6.07, 6.45) is -9.45. The van der Waals surface area contributed by atoms with E-state index in [9.17, 15) is 34.8 Å². The summed E-state index contributed by atoms with van der Waals surface area (Å²) in [6.45, 7) is -0.505. The molecule has 1 aromatic heterocycles. The highest BCUT2D eigenvalue weighted by atomic mass is 32.2. The highest BCUT2D eigenvalue weighted by Gasteiger charge is 2.38. The SMILES string of the molecule is COc1ccc(CN(c2ncns2)S(=O)(=O)c2cc(F)c(Oc3cc(C(F)(F)F)cc(C(F)(F)F)c3)cc2F)c(OC)c1. The lowest BCUT2D eigenvalue weighted by Gasteiger charge is -2.23. The number of methoxy groups -OCH3 is 2. The summed E-state index contributed by atoms with van der Waals surface area (Å²) in [4.78, 5) is 2.60. The highest BCUT2D eigenvalue weighted by Crippen LogP contribution is 2.40. The van der Waals surface area contributed by atoms with E-state index in [0.717, 1.165) is 6.33 Å². The Morgan fingerprint density at radius 1 is 0.814 bits per heavy atom. The molecular weight excluding hydrogens is 638 g/mol. The highest BCUT2D eigenvalue weighted by molar-refractivity contribution is 7.93. The van der Waals surface area contributed by atoms with Crippen molar-refractivity contribution in [3.05, 3.63) is 83.2 Å². The summed E-state index contributed by atoms with van der Waals surface area (Å²) >= 11 is 0.610. The van der Waals surface area contributed by atoms with E-state index in [-0.39, 0.29) is 46.8 Å². The van der Waals surface area contributed by atoms with Crippen LogP contribution < -0.4 is 18.5 Å².